The van der Waals surface area contributed by atoms with Gasteiger partial charge >= 0.3 is 0 Å². The number of carbonyl (C=O) groups is 1. The van der Waals surface area contributed by atoms with Crippen LogP contribution < -0.4 is 5.32 Å². The van der Waals surface area contributed by atoms with Crippen LogP contribution in [0.2, 0.25) is 0 Å². The van der Waals surface area contributed by atoms with Gasteiger partial charge in [-0.2, -0.15) is 0 Å². The van der Waals surface area contributed by atoms with Crippen molar-refractivity contribution in [2.75, 3.05) is 5.32 Å². The third-order valence-corrected chi connectivity index (χ3v) is 7.01. The molecule has 1 aromatic heterocycles. The predicted octanol–water partition coefficient (Wildman–Crippen LogP) is 7.36. The zero-order valence-electron chi connectivity index (χ0n) is 15.9. The molecule has 30 heavy (non-hydrogen) atoms. The molecule has 0 atom stereocenters. The molecule has 0 aliphatic carbocycles. The van der Waals surface area contributed by atoms with Gasteiger partial charge in [-0.25, -0.2) is 4.98 Å². The minimum atomic E-state index is -0.316. The number of oxazole rings is 1. The Hall–Kier alpha value is -2.16. The van der Waals surface area contributed by atoms with Crippen LogP contribution in [0.25, 0.3) is 22.6 Å². The first-order valence-corrected chi connectivity index (χ1v) is 11.3. The fraction of sp³-hybridized carbons (Fsp3) is 0.0909. The van der Waals surface area contributed by atoms with E-state index in [-0.39, 0.29) is 11.7 Å². The molecule has 8 heteroatoms. The van der Waals surface area contributed by atoms with E-state index in [4.69, 9.17) is 4.42 Å². The first kappa shape index (κ1) is 21.1. The zero-order valence-corrected chi connectivity index (χ0v) is 20.6. The Morgan fingerprint density at radius 1 is 1.07 bits per heavy atom. The second-order valence-electron chi connectivity index (χ2n) is 6.88. The second kappa shape index (κ2) is 8.17. The van der Waals surface area contributed by atoms with Gasteiger partial charge in [0, 0.05) is 25.2 Å². The summed E-state index contributed by atoms with van der Waals surface area (Å²) >= 11 is 10.2. The summed E-state index contributed by atoms with van der Waals surface area (Å²) in [7, 11) is 0. The Balaban J connectivity index is 1.64. The summed E-state index contributed by atoms with van der Waals surface area (Å²) < 4.78 is 8.04. The number of aromatic nitrogens is 1. The summed E-state index contributed by atoms with van der Waals surface area (Å²) in [5.41, 5.74) is 4.86. The predicted molar refractivity (Wildman–Crippen MR) is 128 cm³/mol. The Bertz CT molecular complexity index is 1310. The van der Waals surface area contributed by atoms with Crippen molar-refractivity contribution in [3.05, 3.63) is 72.6 Å². The van der Waals surface area contributed by atoms with Crippen molar-refractivity contribution in [2.45, 2.75) is 13.8 Å². The number of phenols is 1. The van der Waals surface area contributed by atoms with Crippen molar-refractivity contribution in [2.24, 2.45) is 0 Å². The molecule has 0 fully saturated rings. The molecule has 1 heterocycles. The number of anilines is 1. The van der Waals surface area contributed by atoms with Crippen molar-refractivity contribution in [3.63, 3.8) is 0 Å². The van der Waals surface area contributed by atoms with Crippen molar-refractivity contribution >= 4 is 70.5 Å². The highest BCUT2D eigenvalue weighted by atomic mass is 79.9. The van der Waals surface area contributed by atoms with Gasteiger partial charge in [-0.05, 0) is 87.2 Å². The molecule has 0 aliphatic heterocycles. The Morgan fingerprint density at radius 3 is 2.57 bits per heavy atom. The fourth-order valence-electron chi connectivity index (χ4n) is 3.20. The lowest BCUT2D eigenvalue weighted by atomic mass is 10.1. The molecule has 1 amide bonds. The maximum atomic E-state index is 12.7. The number of carbonyl (C=O) groups excluding carboxylic acids is 1. The van der Waals surface area contributed by atoms with Crippen molar-refractivity contribution < 1.29 is 14.3 Å². The molecule has 4 aromatic rings. The zero-order chi connectivity index (χ0) is 21.6. The van der Waals surface area contributed by atoms with Gasteiger partial charge < -0.3 is 14.8 Å². The number of halogens is 3. The van der Waals surface area contributed by atoms with Crippen LogP contribution in [0.15, 0.2) is 60.3 Å². The standard InChI is InChI=1S/C22H15Br3N2O3/c1-10-5-11(2)20-17(6-10)27-22(30-20)14-4-3-13(9-18(14)28)26-21(29)15-7-12(23)8-16(24)19(15)25/h3-9,28H,1-2H3,(H,26,29). The number of nitrogens with one attached hydrogen (secondary N) is 1. The number of rotatable bonds is 3. The molecule has 3 aromatic carbocycles. The highest BCUT2D eigenvalue weighted by Gasteiger charge is 2.17. The average Bonchev–Trinajstić information content (AvgIpc) is 3.08. The van der Waals surface area contributed by atoms with Gasteiger partial charge in [0.15, 0.2) is 5.58 Å². The van der Waals surface area contributed by atoms with Gasteiger partial charge in [0.1, 0.15) is 11.3 Å². The molecule has 0 radical (unpaired) electrons. The van der Waals surface area contributed by atoms with E-state index in [0.29, 0.717) is 32.8 Å². The third-order valence-electron chi connectivity index (χ3n) is 4.54. The summed E-state index contributed by atoms with van der Waals surface area (Å²) in [4.78, 5) is 17.2. The fourth-order valence-corrected chi connectivity index (χ4v) is 4.84. The normalized spacial score (nSPS) is 11.1. The Kier molecular flexibility index (Phi) is 5.74. The van der Waals surface area contributed by atoms with Crippen LogP contribution in [-0.2, 0) is 0 Å². The van der Waals surface area contributed by atoms with Gasteiger partial charge in [-0.1, -0.05) is 22.0 Å². The number of amides is 1. The smallest absolute Gasteiger partial charge is 0.256 e. The lowest BCUT2D eigenvalue weighted by Crippen LogP contribution is -2.12. The van der Waals surface area contributed by atoms with Crippen molar-refractivity contribution in [1.82, 2.24) is 4.98 Å². The Morgan fingerprint density at radius 2 is 1.83 bits per heavy atom. The van der Waals surface area contributed by atoms with Crippen molar-refractivity contribution in [1.29, 1.82) is 0 Å². The number of nitrogens with zero attached hydrogens (tertiary/aromatic N) is 1. The second-order valence-corrected chi connectivity index (χ2v) is 9.45. The van der Waals surface area contributed by atoms with Crippen LogP contribution >= 0.6 is 47.8 Å². The summed E-state index contributed by atoms with van der Waals surface area (Å²) in [5.74, 6) is -0.0278. The van der Waals surface area contributed by atoms with E-state index >= 15 is 0 Å². The third kappa shape index (κ3) is 4.04. The largest absolute Gasteiger partial charge is 0.507 e. The number of aromatic hydroxyl groups is 1. The molecule has 0 aliphatic rings. The molecular weight excluding hydrogens is 580 g/mol. The van der Waals surface area contributed by atoms with Gasteiger partial charge in [0.25, 0.3) is 5.91 Å². The van der Waals surface area contributed by atoms with E-state index in [0.717, 1.165) is 25.6 Å². The summed E-state index contributed by atoms with van der Waals surface area (Å²) in [5, 5.41) is 13.3. The number of fused-ring (bicyclic) bond motifs is 1. The van der Waals surface area contributed by atoms with E-state index in [1.165, 1.54) is 6.07 Å². The number of hydrogen-bond acceptors (Lipinski definition) is 4. The van der Waals surface area contributed by atoms with Crippen LogP contribution in [0.5, 0.6) is 5.75 Å². The van der Waals surface area contributed by atoms with Gasteiger partial charge in [0.05, 0.1) is 11.1 Å². The monoisotopic (exact) mass is 592 g/mol. The summed E-state index contributed by atoms with van der Waals surface area (Å²) in [6.45, 7) is 3.96. The molecule has 5 nitrogen and oxygen atoms in total. The number of phenolic OH excluding ortho intramolecular Hbond substituents is 1. The van der Waals surface area contributed by atoms with E-state index < -0.39 is 0 Å². The van der Waals surface area contributed by atoms with E-state index in [9.17, 15) is 9.90 Å². The SMILES string of the molecule is Cc1cc(C)c2oc(-c3ccc(NC(=O)c4cc(Br)cc(Br)c4Br)cc3O)nc2c1. The van der Waals surface area contributed by atoms with Gasteiger partial charge in [0.2, 0.25) is 5.89 Å². The minimum Gasteiger partial charge on any atom is -0.507 e. The molecular formula is C22H15Br3N2O3. The summed E-state index contributed by atoms with van der Waals surface area (Å²) in [6.07, 6.45) is 0. The molecule has 4 rings (SSSR count). The van der Waals surface area contributed by atoms with E-state index in [1.807, 2.05) is 32.0 Å². The first-order chi connectivity index (χ1) is 14.2. The van der Waals surface area contributed by atoms with Crippen LogP contribution in [0.4, 0.5) is 5.69 Å². The maximum Gasteiger partial charge on any atom is 0.256 e. The topological polar surface area (TPSA) is 75.4 Å². The van der Waals surface area contributed by atoms with Crippen LogP contribution in [0, 0.1) is 13.8 Å². The molecule has 0 saturated carbocycles. The number of aryl methyl sites for hydroxylation is 2. The molecule has 0 saturated heterocycles. The van der Waals surface area contributed by atoms with Crippen LogP contribution in [0.1, 0.15) is 21.5 Å². The van der Waals surface area contributed by atoms with Gasteiger partial charge in [-0.15, -0.1) is 0 Å². The molecule has 2 N–H and O–H groups in total. The molecule has 152 valence electrons. The van der Waals surface area contributed by atoms with Crippen molar-refractivity contribution in [3.8, 4) is 17.2 Å². The summed E-state index contributed by atoms with van der Waals surface area (Å²) in [6, 6.07) is 12.3. The maximum absolute atomic E-state index is 12.7. The molecule has 0 bridgehead atoms. The average molecular weight is 595 g/mol. The van der Waals surface area contributed by atoms with E-state index in [1.54, 1.807) is 18.2 Å². The minimum absolute atomic E-state index is 0.0387. The molecule has 0 unspecified atom stereocenters. The number of benzene rings is 3. The van der Waals surface area contributed by atoms with Crippen LogP contribution in [0.3, 0.4) is 0 Å². The van der Waals surface area contributed by atoms with Crippen LogP contribution in [-0.4, -0.2) is 16.0 Å². The van der Waals surface area contributed by atoms with Gasteiger partial charge in [-0.3, -0.25) is 4.79 Å². The lowest BCUT2D eigenvalue weighted by molar-refractivity contribution is 0.102. The first-order valence-electron chi connectivity index (χ1n) is 8.90. The Labute approximate surface area is 197 Å². The number of hydrogen-bond donors (Lipinski definition) is 2. The quantitative estimate of drug-likeness (QED) is 0.243. The highest BCUT2D eigenvalue weighted by molar-refractivity contribution is 9.13. The lowest BCUT2D eigenvalue weighted by Gasteiger charge is -2.10. The van der Waals surface area contributed by atoms with E-state index in [2.05, 4.69) is 58.1 Å². The molecule has 0 spiro atoms. The highest BCUT2D eigenvalue weighted by Crippen LogP contribution is 2.35.